The van der Waals surface area contributed by atoms with Crippen LogP contribution in [0.2, 0.25) is 0 Å². The van der Waals surface area contributed by atoms with Crippen LogP contribution < -0.4 is 14.8 Å². The maximum absolute atomic E-state index is 12.6. The van der Waals surface area contributed by atoms with E-state index in [1.54, 1.807) is 29.2 Å². The fraction of sp³-hybridized carbons (Fsp3) is 0.364. The monoisotopic (exact) mass is 382 g/mol. The lowest BCUT2D eigenvalue weighted by molar-refractivity contribution is -0.131. The largest absolute Gasteiger partial charge is 0.490 e. The van der Waals surface area contributed by atoms with Gasteiger partial charge in [-0.05, 0) is 55.7 Å². The predicted molar refractivity (Wildman–Crippen MR) is 107 cm³/mol. The minimum Gasteiger partial charge on any atom is -0.490 e. The first-order chi connectivity index (χ1) is 13.6. The standard InChI is InChI=1S/C22H26N2O4/c1-3-27-19-12-17-10-11-24(15-18(17)13-20(19)28-4-2)21(25)14-23-22(26)16-8-6-5-7-9-16/h5-9,12-13H,3-4,10-11,14-15H2,1-2H3,(H,23,26). The summed E-state index contributed by atoms with van der Waals surface area (Å²) in [5.41, 5.74) is 2.77. The maximum atomic E-state index is 12.6. The van der Waals surface area contributed by atoms with Crippen molar-refractivity contribution >= 4 is 11.8 Å². The Morgan fingerprint density at radius 2 is 1.64 bits per heavy atom. The third kappa shape index (κ3) is 4.63. The van der Waals surface area contributed by atoms with E-state index in [-0.39, 0.29) is 18.4 Å². The summed E-state index contributed by atoms with van der Waals surface area (Å²) in [6, 6.07) is 12.9. The average Bonchev–Trinajstić information content (AvgIpc) is 2.73. The highest BCUT2D eigenvalue weighted by atomic mass is 16.5. The minimum absolute atomic E-state index is 0.0155. The van der Waals surface area contributed by atoms with Crippen LogP contribution in [0, 0.1) is 0 Å². The topological polar surface area (TPSA) is 67.9 Å². The number of ether oxygens (including phenoxy) is 2. The normalized spacial score (nSPS) is 12.9. The molecule has 28 heavy (non-hydrogen) atoms. The minimum atomic E-state index is -0.244. The van der Waals surface area contributed by atoms with Crippen molar-refractivity contribution in [3.05, 3.63) is 59.2 Å². The fourth-order valence-corrected chi connectivity index (χ4v) is 3.27. The van der Waals surface area contributed by atoms with Gasteiger partial charge < -0.3 is 19.7 Å². The lowest BCUT2D eigenvalue weighted by Crippen LogP contribution is -2.42. The van der Waals surface area contributed by atoms with Crippen LogP contribution in [0.15, 0.2) is 42.5 Å². The van der Waals surface area contributed by atoms with Crippen molar-refractivity contribution in [3.8, 4) is 11.5 Å². The summed E-state index contributed by atoms with van der Waals surface area (Å²) < 4.78 is 11.4. The summed E-state index contributed by atoms with van der Waals surface area (Å²) in [5.74, 6) is 1.11. The molecule has 0 bridgehead atoms. The second-order valence-electron chi connectivity index (χ2n) is 6.55. The van der Waals surface area contributed by atoms with Gasteiger partial charge >= 0.3 is 0 Å². The Bertz CT molecular complexity index is 836. The first-order valence-corrected chi connectivity index (χ1v) is 9.64. The van der Waals surface area contributed by atoms with E-state index < -0.39 is 0 Å². The lowest BCUT2D eigenvalue weighted by atomic mass is 9.98. The number of fused-ring (bicyclic) bond motifs is 1. The molecule has 1 N–H and O–H groups in total. The Hall–Kier alpha value is -3.02. The Labute approximate surface area is 165 Å². The van der Waals surface area contributed by atoms with Crippen molar-refractivity contribution in [2.75, 3.05) is 26.3 Å². The summed E-state index contributed by atoms with van der Waals surface area (Å²) in [7, 11) is 0. The van der Waals surface area contributed by atoms with Gasteiger partial charge in [-0.15, -0.1) is 0 Å². The highest BCUT2D eigenvalue weighted by molar-refractivity contribution is 5.96. The molecule has 2 aromatic carbocycles. The summed E-state index contributed by atoms with van der Waals surface area (Å²) >= 11 is 0. The van der Waals surface area contributed by atoms with E-state index >= 15 is 0 Å². The van der Waals surface area contributed by atoms with Gasteiger partial charge in [0.15, 0.2) is 11.5 Å². The molecule has 0 saturated carbocycles. The average molecular weight is 382 g/mol. The van der Waals surface area contributed by atoms with Gasteiger partial charge in [-0.25, -0.2) is 0 Å². The molecule has 2 aromatic rings. The molecule has 1 heterocycles. The molecule has 0 spiro atoms. The number of hydrogen-bond donors (Lipinski definition) is 1. The Morgan fingerprint density at radius 3 is 2.29 bits per heavy atom. The van der Waals surface area contributed by atoms with E-state index in [0.29, 0.717) is 37.6 Å². The number of hydrogen-bond acceptors (Lipinski definition) is 4. The third-order valence-electron chi connectivity index (χ3n) is 4.67. The zero-order valence-corrected chi connectivity index (χ0v) is 16.4. The molecule has 2 amide bonds. The van der Waals surface area contributed by atoms with E-state index in [2.05, 4.69) is 5.32 Å². The van der Waals surface area contributed by atoms with Crippen LogP contribution in [0.25, 0.3) is 0 Å². The second-order valence-corrected chi connectivity index (χ2v) is 6.55. The van der Waals surface area contributed by atoms with Gasteiger partial charge in [0.1, 0.15) is 0 Å². The quantitative estimate of drug-likeness (QED) is 0.800. The number of carbonyl (C=O) groups is 2. The Balaban J connectivity index is 1.64. The Kier molecular flexibility index (Phi) is 6.53. The van der Waals surface area contributed by atoms with Gasteiger partial charge in [-0.3, -0.25) is 9.59 Å². The molecule has 0 unspecified atom stereocenters. The molecule has 3 rings (SSSR count). The van der Waals surface area contributed by atoms with Crippen molar-refractivity contribution in [2.45, 2.75) is 26.8 Å². The highest BCUT2D eigenvalue weighted by Gasteiger charge is 2.23. The third-order valence-corrected chi connectivity index (χ3v) is 4.67. The predicted octanol–water partition coefficient (Wildman–Crippen LogP) is 2.80. The van der Waals surface area contributed by atoms with E-state index in [0.717, 1.165) is 17.7 Å². The number of nitrogens with one attached hydrogen (secondary N) is 1. The zero-order valence-electron chi connectivity index (χ0n) is 16.4. The molecule has 0 aromatic heterocycles. The Morgan fingerprint density at radius 1 is 1.00 bits per heavy atom. The van der Waals surface area contributed by atoms with E-state index in [9.17, 15) is 9.59 Å². The van der Waals surface area contributed by atoms with Gasteiger partial charge in [0, 0.05) is 18.7 Å². The first kappa shape index (κ1) is 19.7. The number of benzene rings is 2. The summed E-state index contributed by atoms with van der Waals surface area (Å²) in [4.78, 5) is 26.5. The molecule has 6 heteroatoms. The fourth-order valence-electron chi connectivity index (χ4n) is 3.27. The van der Waals surface area contributed by atoms with Crippen LogP contribution in [0.3, 0.4) is 0 Å². The second kappa shape index (κ2) is 9.26. The lowest BCUT2D eigenvalue weighted by Gasteiger charge is -2.30. The number of nitrogens with zero attached hydrogens (tertiary/aromatic N) is 1. The van der Waals surface area contributed by atoms with Crippen LogP contribution in [0.5, 0.6) is 11.5 Å². The molecule has 1 aliphatic heterocycles. The van der Waals surface area contributed by atoms with Gasteiger partial charge in [-0.1, -0.05) is 18.2 Å². The molecule has 6 nitrogen and oxygen atoms in total. The molecule has 0 atom stereocenters. The summed E-state index contributed by atoms with van der Waals surface area (Å²) in [6.07, 6.45) is 0.750. The molecule has 148 valence electrons. The van der Waals surface area contributed by atoms with Crippen LogP contribution in [0.4, 0.5) is 0 Å². The smallest absolute Gasteiger partial charge is 0.251 e. The SMILES string of the molecule is CCOc1cc2c(cc1OCC)CN(C(=O)CNC(=O)c1ccccc1)CC2. The van der Waals surface area contributed by atoms with E-state index in [1.165, 1.54) is 5.56 Å². The van der Waals surface area contributed by atoms with Crippen molar-refractivity contribution in [3.63, 3.8) is 0 Å². The van der Waals surface area contributed by atoms with Gasteiger partial charge in [0.05, 0.1) is 19.8 Å². The molecule has 0 radical (unpaired) electrons. The van der Waals surface area contributed by atoms with Crippen LogP contribution >= 0.6 is 0 Å². The van der Waals surface area contributed by atoms with Crippen LogP contribution in [-0.2, 0) is 17.8 Å². The van der Waals surface area contributed by atoms with Crippen molar-refractivity contribution in [1.82, 2.24) is 10.2 Å². The van der Waals surface area contributed by atoms with Gasteiger partial charge in [-0.2, -0.15) is 0 Å². The first-order valence-electron chi connectivity index (χ1n) is 9.64. The van der Waals surface area contributed by atoms with Crippen molar-refractivity contribution < 1.29 is 19.1 Å². The molecule has 0 aliphatic carbocycles. The van der Waals surface area contributed by atoms with E-state index in [4.69, 9.17) is 9.47 Å². The number of amides is 2. The van der Waals surface area contributed by atoms with Gasteiger partial charge in [0.2, 0.25) is 5.91 Å². The summed E-state index contributed by atoms with van der Waals surface area (Å²) in [6.45, 7) is 6.10. The van der Waals surface area contributed by atoms with Gasteiger partial charge in [0.25, 0.3) is 5.91 Å². The maximum Gasteiger partial charge on any atom is 0.251 e. The molecule has 0 fully saturated rings. The van der Waals surface area contributed by atoms with E-state index in [1.807, 2.05) is 32.0 Å². The molecule has 0 saturated heterocycles. The summed E-state index contributed by atoms with van der Waals surface area (Å²) in [5, 5.41) is 2.70. The molecular formula is C22H26N2O4. The molecular weight excluding hydrogens is 356 g/mol. The van der Waals surface area contributed by atoms with Crippen LogP contribution in [-0.4, -0.2) is 43.0 Å². The van der Waals surface area contributed by atoms with Crippen LogP contribution in [0.1, 0.15) is 35.3 Å². The molecule has 1 aliphatic rings. The number of carbonyl (C=O) groups excluding carboxylic acids is 2. The zero-order chi connectivity index (χ0) is 19.9. The van der Waals surface area contributed by atoms with Crippen molar-refractivity contribution in [2.24, 2.45) is 0 Å². The highest BCUT2D eigenvalue weighted by Crippen LogP contribution is 2.33. The number of rotatable bonds is 7. The van der Waals surface area contributed by atoms with Crippen molar-refractivity contribution in [1.29, 1.82) is 0 Å².